The van der Waals surface area contributed by atoms with Crippen LogP contribution in [-0.2, 0) is 7.05 Å². The van der Waals surface area contributed by atoms with Gasteiger partial charge in [-0.25, -0.2) is 9.97 Å². The molecule has 33 heavy (non-hydrogen) atoms. The lowest BCUT2D eigenvalue weighted by atomic mass is 10.0. The van der Waals surface area contributed by atoms with Crippen molar-refractivity contribution in [2.24, 2.45) is 7.05 Å². The summed E-state index contributed by atoms with van der Waals surface area (Å²) in [6.45, 7) is 10.2. The first-order valence-electron chi connectivity index (χ1n) is 11.7. The molecule has 0 bridgehead atoms. The van der Waals surface area contributed by atoms with Crippen molar-refractivity contribution in [3.8, 4) is 11.3 Å². The average molecular weight is 438 g/mol. The first-order valence-corrected chi connectivity index (χ1v) is 11.7. The second-order valence-corrected chi connectivity index (χ2v) is 8.59. The van der Waals surface area contributed by atoms with E-state index in [0.717, 1.165) is 36.1 Å². The van der Waals surface area contributed by atoms with E-state index in [1.165, 1.54) is 27.7 Å². The van der Waals surface area contributed by atoms with Crippen molar-refractivity contribution >= 4 is 28.6 Å². The lowest BCUT2D eigenvalue weighted by Crippen LogP contribution is -2.41. The highest BCUT2D eigenvalue weighted by molar-refractivity contribution is 5.97. The van der Waals surface area contributed by atoms with Crippen molar-refractivity contribution in [3.63, 3.8) is 0 Å². The number of anilines is 2. The van der Waals surface area contributed by atoms with Crippen LogP contribution in [0.5, 0.6) is 0 Å². The largest absolute Gasteiger partial charge is 0.343 e. The van der Waals surface area contributed by atoms with Crippen LogP contribution in [0.4, 0.5) is 11.6 Å². The quantitative estimate of drug-likeness (QED) is 0.386. The number of benzene rings is 2. The van der Waals surface area contributed by atoms with E-state index in [9.17, 15) is 0 Å². The molecule has 0 fully saturated rings. The van der Waals surface area contributed by atoms with Crippen molar-refractivity contribution in [1.29, 1.82) is 0 Å². The highest BCUT2D eigenvalue weighted by Crippen LogP contribution is 2.39. The predicted molar refractivity (Wildman–Crippen MR) is 139 cm³/mol. The molecule has 1 aliphatic heterocycles. The smallest absolute Gasteiger partial charge is 0.174 e. The van der Waals surface area contributed by atoms with Crippen molar-refractivity contribution in [3.05, 3.63) is 77.6 Å². The molecule has 0 saturated carbocycles. The molecular weight excluding hydrogens is 406 g/mol. The molecule has 0 N–H and O–H groups in total. The van der Waals surface area contributed by atoms with E-state index >= 15 is 0 Å². The summed E-state index contributed by atoms with van der Waals surface area (Å²) in [6.07, 6.45) is 4.69. The summed E-state index contributed by atoms with van der Waals surface area (Å²) in [5.41, 5.74) is 6.93. The first-order chi connectivity index (χ1) is 16.0. The van der Waals surface area contributed by atoms with Crippen LogP contribution in [0.3, 0.4) is 0 Å². The van der Waals surface area contributed by atoms with Crippen LogP contribution in [0.15, 0.2) is 60.7 Å². The third-order valence-electron chi connectivity index (χ3n) is 6.76. The zero-order valence-corrected chi connectivity index (χ0v) is 20.1. The fourth-order valence-electron chi connectivity index (χ4n) is 4.98. The van der Waals surface area contributed by atoms with Crippen LogP contribution in [0.1, 0.15) is 30.8 Å². The zero-order valence-electron chi connectivity index (χ0n) is 20.1. The molecule has 0 spiro atoms. The molecule has 1 aliphatic rings. The Morgan fingerprint density at radius 1 is 0.818 bits per heavy atom. The second kappa shape index (κ2) is 8.39. The molecule has 3 heterocycles. The molecule has 2 aromatic heterocycles. The lowest BCUT2D eigenvalue weighted by Gasteiger charge is -2.28. The number of aryl methyl sites for hydroxylation is 3. The lowest BCUT2D eigenvalue weighted by molar-refractivity contribution is 0.689. The molecule has 5 heteroatoms. The van der Waals surface area contributed by atoms with Gasteiger partial charge in [-0.05, 0) is 45.4 Å². The maximum Gasteiger partial charge on any atom is 0.174 e. The number of likely N-dealkylation sites (N-methyl/N-ethyl adjacent to an activating group) is 2. The summed E-state index contributed by atoms with van der Waals surface area (Å²) in [5.74, 6) is 1.97. The number of hydrogen-bond donors (Lipinski definition) is 0. The van der Waals surface area contributed by atoms with E-state index in [1.54, 1.807) is 0 Å². The molecule has 168 valence electrons. The van der Waals surface area contributed by atoms with Crippen LogP contribution in [0.25, 0.3) is 28.2 Å². The van der Waals surface area contributed by atoms with Crippen LogP contribution < -0.4 is 9.80 Å². The molecule has 2 aromatic carbocycles. The first kappa shape index (κ1) is 21.3. The Kier molecular flexibility index (Phi) is 5.41. The second-order valence-electron chi connectivity index (χ2n) is 8.59. The Labute approximate surface area is 196 Å². The SMILES string of the molecule is CCN1c2nc(C)c(C)nc2N(CC)C1C=Cc1c(-c2ccccc2)n(C)c2ccccc12. The van der Waals surface area contributed by atoms with Gasteiger partial charge in [0, 0.05) is 36.6 Å². The maximum absolute atomic E-state index is 4.91. The van der Waals surface area contributed by atoms with E-state index < -0.39 is 0 Å². The van der Waals surface area contributed by atoms with Gasteiger partial charge in [-0.1, -0.05) is 54.6 Å². The third kappa shape index (κ3) is 3.39. The summed E-state index contributed by atoms with van der Waals surface area (Å²) < 4.78 is 2.30. The van der Waals surface area contributed by atoms with Crippen LogP contribution in [-0.4, -0.2) is 33.8 Å². The van der Waals surface area contributed by atoms with Crippen LogP contribution >= 0.6 is 0 Å². The van der Waals surface area contributed by atoms with E-state index in [1.807, 2.05) is 13.8 Å². The Morgan fingerprint density at radius 2 is 1.39 bits per heavy atom. The van der Waals surface area contributed by atoms with Gasteiger partial charge in [0.05, 0.1) is 17.1 Å². The minimum atomic E-state index is 0.0822. The van der Waals surface area contributed by atoms with Crippen LogP contribution in [0, 0.1) is 13.8 Å². The normalized spacial score (nSPS) is 14.1. The fraction of sp³-hybridized carbons (Fsp3) is 0.286. The van der Waals surface area contributed by atoms with Gasteiger partial charge in [0.25, 0.3) is 0 Å². The summed E-state index contributed by atoms with van der Waals surface area (Å²) >= 11 is 0. The fourth-order valence-corrected chi connectivity index (χ4v) is 4.98. The van der Waals surface area contributed by atoms with E-state index in [0.29, 0.717) is 0 Å². The molecule has 0 atom stereocenters. The number of para-hydroxylation sites is 1. The Morgan fingerprint density at radius 3 is 2.00 bits per heavy atom. The molecular formula is C28H31N5. The summed E-state index contributed by atoms with van der Waals surface area (Å²) in [6, 6.07) is 19.3. The highest BCUT2D eigenvalue weighted by Gasteiger charge is 2.35. The summed E-state index contributed by atoms with van der Waals surface area (Å²) in [7, 11) is 2.16. The Bertz CT molecular complexity index is 1300. The third-order valence-corrected chi connectivity index (χ3v) is 6.76. The molecule has 0 saturated heterocycles. The predicted octanol–water partition coefficient (Wildman–Crippen LogP) is 5.96. The molecule has 0 amide bonds. The van der Waals surface area contributed by atoms with E-state index in [2.05, 4.69) is 102 Å². The van der Waals surface area contributed by atoms with Crippen LogP contribution in [0.2, 0.25) is 0 Å². The van der Waals surface area contributed by atoms with Gasteiger partial charge < -0.3 is 14.4 Å². The van der Waals surface area contributed by atoms with E-state index in [-0.39, 0.29) is 6.17 Å². The molecule has 5 nitrogen and oxygen atoms in total. The number of rotatable bonds is 5. The van der Waals surface area contributed by atoms with Crippen molar-refractivity contribution in [2.45, 2.75) is 33.9 Å². The van der Waals surface area contributed by atoms with Crippen molar-refractivity contribution < 1.29 is 0 Å². The molecule has 5 rings (SSSR count). The summed E-state index contributed by atoms with van der Waals surface area (Å²) in [5, 5.41) is 1.26. The Hall–Kier alpha value is -3.60. The molecule has 0 aliphatic carbocycles. The summed E-state index contributed by atoms with van der Waals surface area (Å²) in [4.78, 5) is 14.5. The highest BCUT2D eigenvalue weighted by atomic mass is 15.5. The number of nitrogens with zero attached hydrogens (tertiary/aromatic N) is 5. The van der Waals surface area contributed by atoms with E-state index in [4.69, 9.17) is 9.97 Å². The monoisotopic (exact) mass is 437 g/mol. The van der Waals surface area contributed by atoms with Gasteiger partial charge in [0.2, 0.25) is 0 Å². The van der Waals surface area contributed by atoms with Gasteiger partial charge in [-0.15, -0.1) is 0 Å². The van der Waals surface area contributed by atoms with Gasteiger partial charge in [-0.2, -0.15) is 0 Å². The minimum Gasteiger partial charge on any atom is -0.343 e. The topological polar surface area (TPSA) is 37.2 Å². The Balaban J connectivity index is 1.64. The standard InChI is InChI=1S/C28H31N5/c1-6-32-25(33(7-2)28-27(32)29-19(3)20(4)30-28)18-17-23-22-15-11-12-16-24(22)31(5)26(23)21-13-9-8-10-14-21/h8-18,25H,6-7H2,1-5H3. The minimum absolute atomic E-state index is 0.0822. The zero-order chi connectivity index (χ0) is 23.1. The van der Waals surface area contributed by atoms with Gasteiger partial charge in [0.1, 0.15) is 6.17 Å². The molecule has 0 unspecified atom stereocenters. The molecule has 0 radical (unpaired) electrons. The van der Waals surface area contributed by atoms with Gasteiger partial charge in [-0.3, -0.25) is 0 Å². The molecule has 4 aromatic rings. The van der Waals surface area contributed by atoms with Gasteiger partial charge in [0.15, 0.2) is 11.6 Å². The van der Waals surface area contributed by atoms with Gasteiger partial charge >= 0.3 is 0 Å². The number of fused-ring (bicyclic) bond motifs is 2. The average Bonchev–Trinajstić information content (AvgIpc) is 3.29. The number of hydrogen-bond acceptors (Lipinski definition) is 4. The van der Waals surface area contributed by atoms with Crippen molar-refractivity contribution in [1.82, 2.24) is 14.5 Å². The maximum atomic E-state index is 4.91. The van der Waals surface area contributed by atoms with Crippen molar-refractivity contribution in [2.75, 3.05) is 22.9 Å². The number of aromatic nitrogens is 3.